The van der Waals surface area contributed by atoms with E-state index in [4.69, 9.17) is 9.47 Å². The lowest BCUT2D eigenvalue weighted by Gasteiger charge is -2.14. The number of benzene rings is 2. The van der Waals surface area contributed by atoms with Crippen molar-refractivity contribution in [1.82, 2.24) is 5.32 Å². The molecule has 2 aromatic carbocycles. The molecule has 0 heterocycles. The summed E-state index contributed by atoms with van der Waals surface area (Å²) < 4.78 is 10.0. The van der Waals surface area contributed by atoms with Crippen molar-refractivity contribution in [3.63, 3.8) is 0 Å². The number of nitrogens with one attached hydrogen (secondary N) is 1. The molecule has 0 aliphatic rings. The summed E-state index contributed by atoms with van der Waals surface area (Å²) in [5, 5.41) is 2.20. The summed E-state index contributed by atoms with van der Waals surface area (Å²) in [6.45, 7) is 1.18. The number of hydrogen-bond acceptors (Lipinski definition) is 5. The van der Waals surface area contributed by atoms with E-state index in [1.807, 2.05) is 0 Å². The van der Waals surface area contributed by atoms with E-state index in [0.29, 0.717) is 5.75 Å². The van der Waals surface area contributed by atoms with Gasteiger partial charge in [-0.15, -0.1) is 0 Å². The fraction of sp³-hybridized carbons (Fsp3) is 0.118. The van der Waals surface area contributed by atoms with Crippen LogP contribution >= 0.6 is 0 Å². The van der Waals surface area contributed by atoms with Crippen molar-refractivity contribution in [3.05, 3.63) is 60.7 Å². The van der Waals surface area contributed by atoms with Gasteiger partial charge in [0.05, 0.1) is 0 Å². The Balaban J connectivity index is 1.99. The van der Waals surface area contributed by atoms with Gasteiger partial charge in [-0.05, 0) is 31.2 Å². The predicted molar refractivity (Wildman–Crippen MR) is 82.1 cm³/mol. The summed E-state index contributed by atoms with van der Waals surface area (Å²) in [4.78, 5) is 35.4. The molecule has 0 aliphatic heterocycles. The molecular weight excluding hydrogens is 298 g/mol. The number of rotatable bonds is 5. The van der Waals surface area contributed by atoms with Crippen LogP contribution in [-0.4, -0.2) is 23.9 Å². The Bertz CT molecular complexity index is 685. The van der Waals surface area contributed by atoms with Gasteiger partial charge in [-0.3, -0.25) is 4.79 Å². The molecular formula is C17H15NO5. The molecule has 0 spiro atoms. The highest BCUT2D eigenvalue weighted by atomic mass is 16.6. The summed E-state index contributed by atoms with van der Waals surface area (Å²) in [7, 11) is 0. The molecule has 0 saturated heterocycles. The Kier molecular flexibility index (Phi) is 5.46. The summed E-state index contributed by atoms with van der Waals surface area (Å²) in [6.07, 6.45) is -0.915. The average molecular weight is 313 g/mol. The molecule has 1 atom stereocenters. The minimum atomic E-state index is -1.44. The van der Waals surface area contributed by atoms with Crippen LogP contribution in [0, 0.1) is 0 Å². The third kappa shape index (κ3) is 4.96. The molecule has 0 bridgehead atoms. The van der Waals surface area contributed by atoms with Gasteiger partial charge in [-0.2, -0.15) is 0 Å². The number of carbonyl (C=O) groups excluding carboxylic acids is 3. The Morgan fingerprint density at radius 1 is 0.826 bits per heavy atom. The lowest BCUT2D eigenvalue weighted by Crippen LogP contribution is -2.48. The van der Waals surface area contributed by atoms with Crippen LogP contribution in [0.25, 0.3) is 0 Å². The first-order chi connectivity index (χ1) is 11.1. The molecule has 0 aliphatic carbocycles. The standard InChI is InChI=1S/C17H15NO5/c1-12(19)15(16(20)22-13-8-4-2-5-9-13)18-17(21)23-14-10-6-3-7-11-14/h2-11,15H,1H3,(H,18,21). The lowest BCUT2D eigenvalue weighted by molar-refractivity contribution is -0.140. The second-order valence-corrected chi connectivity index (χ2v) is 4.62. The fourth-order valence-electron chi connectivity index (χ4n) is 1.73. The Hall–Kier alpha value is -3.15. The van der Waals surface area contributed by atoms with Crippen LogP contribution < -0.4 is 14.8 Å². The van der Waals surface area contributed by atoms with Crippen molar-refractivity contribution in [2.75, 3.05) is 0 Å². The summed E-state index contributed by atoms with van der Waals surface area (Å²) >= 11 is 0. The summed E-state index contributed by atoms with van der Waals surface area (Å²) in [5.41, 5.74) is 0. The van der Waals surface area contributed by atoms with Gasteiger partial charge in [0.2, 0.25) is 0 Å². The molecule has 118 valence electrons. The summed E-state index contributed by atoms with van der Waals surface area (Å²) in [5.74, 6) is -0.865. The first-order valence-electron chi connectivity index (χ1n) is 6.87. The molecule has 1 N–H and O–H groups in total. The smallest absolute Gasteiger partial charge is 0.413 e. The number of amides is 1. The molecule has 6 heteroatoms. The highest BCUT2D eigenvalue weighted by molar-refractivity contribution is 6.04. The Morgan fingerprint density at radius 3 is 1.78 bits per heavy atom. The van der Waals surface area contributed by atoms with E-state index in [1.165, 1.54) is 6.92 Å². The quantitative estimate of drug-likeness (QED) is 0.520. The topological polar surface area (TPSA) is 81.7 Å². The molecule has 0 fully saturated rings. The lowest BCUT2D eigenvalue weighted by atomic mass is 10.2. The van der Waals surface area contributed by atoms with Gasteiger partial charge in [0.25, 0.3) is 0 Å². The number of ketones is 1. The Labute approximate surface area is 133 Å². The molecule has 23 heavy (non-hydrogen) atoms. The van der Waals surface area contributed by atoms with Crippen LogP contribution in [0.1, 0.15) is 6.92 Å². The SMILES string of the molecule is CC(=O)C(NC(=O)Oc1ccccc1)C(=O)Oc1ccccc1. The van der Waals surface area contributed by atoms with Crippen molar-refractivity contribution in [2.45, 2.75) is 13.0 Å². The number of carbonyl (C=O) groups is 3. The maximum Gasteiger partial charge on any atom is 0.413 e. The van der Waals surface area contributed by atoms with Gasteiger partial charge in [0, 0.05) is 0 Å². The number of para-hydroxylation sites is 2. The highest BCUT2D eigenvalue weighted by Gasteiger charge is 2.28. The number of ether oxygens (including phenoxy) is 2. The van der Waals surface area contributed by atoms with Crippen LogP contribution in [0.4, 0.5) is 4.79 Å². The second kappa shape index (κ2) is 7.74. The van der Waals surface area contributed by atoms with Crippen LogP contribution in [0.3, 0.4) is 0 Å². The minimum Gasteiger partial charge on any atom is -0.425 e. The maximum absolute atomic E-state index is 12.0. The second-order valence-electron chi connectivity index (χ2n) is 4.62. The van der Waals surface area contributed by atoms with Gasteiger partial charge in [0.15, 0.2) is 11.8 Å². The van der Waals surface area contributed by atoms with Gasteiger partial charge in [-0.1, -0.05) is 36.4 Å². The van der Waals surface area contributed by atoms with E-state index in [-0.39, 0.29) is 5.75 Å². The summed E-state index contributed by atoms with van der Waals surface area (Å²) in [6, 6.07) is 15.1. The van der Waals surface area contributed by atoms with Crippen molar-refractivity contribution < 1.29 is 23.9 Å². The normalized spacial score (nSPS) is 11.2. The third-order valence-electron chi connectivity index (χ3n) is 2.82. The molecule has 0 saturated carbocycles. The average Bonchev–Trinajstić information content (AvgIpc) is 2.54. The Morgan fingerprint density at radius 2 is 1.30 bits per heavy atom. The monoisotopic (exact) mass is 313 g/mol. The van der Waals surface area contributed by atoms with Gasteiger partial charge in [-0.25, -0.2) is 9.59 Å². The first-order valence-corrected chi connectivity index (χ1v) is 6.87. The van der Waals surface area contributed by atoms with Crippen molar-refractivity contribution >= 4 is 17.8 Å². The van der Waals surface area contributed by atoms with E-state index >= 15 is 0 Å². The minimum absolute atomic E-state index is 0.280. The highest BCUT2D eigenvalue weighted by Crippen LogP contribution is 2.11. The molecule has 2 aromatic rings. The van der Waals surface area contributed by atoms with E-state index < -0.39 is 23.9 Å². The van der Waals surface area contributed by atoms with Crippen LogP contribution in [-0.2, 0) is 9.59 Å². The number of hydrogen-bond donors (Lipinski definition) is 1. The zero-order valence-corrected chi connectivity index (χ0v) is 12.4. The largest absolute Gasteiger partial charge is 0.425 e. The molecule has 1 unspecified atom stereocenters. The van der Waals surface area contributed by atoms with E-state index in [9.17, 15) is 14.4 Å². The third-order valence-corrected chi connectivity index (χ3v) is 2.82. The number of Topliss-reactive ketones (excluding diaryl/α,β-unsaturated/α-hetero) is 1. The zero-order valence-electron chi connectivity index (χ0n) is 12.4. The maximum atomic E-state index is 12.0. The van der Waals surface area contributed by atoms with Crippen molar-refractivity contribution in [1.29, 1.82) is 0 Å². The van der Waals surface area contributed by atoms with E-state index in [1.54, 1.807) is 60.7 Å². The molecule has 0 aromatic heterocycles. The van der Waals surface area contributed by atoms with Crippen LogP contribution in [0.5, 0.6) is 11.5 Å². The van der Waals surface area contributed by atoms with Crippen molar-refractivity contribution in [3.8, 4) is 11.5 Å². The predicted octanol–water partition coefficient (Wildman–Crippen LogP) is 2.34. The van der Waals surface area contributed by atoms with E-state index in [0.717, 1.165) is 0 Å². The first kappa shape index (κ1) is 16.2. The van der Waals surface area contributed by atoms with Gasteiger partial charge < -0.3 is 14.8 Å². The zero-order chi connectivity index (χ0) is 16.7. The number of esters is 1. The van der Waals surface area contributed by atoms with E-state index in [2.05, 4.69) is 5.32 Å². The van der Waals surface area contributed by atoms with Gasteiger partial charge in [0.1, 0.15) is 11.5 Å². The molecule has 1 amide bonds. The molecule has 0 radical (unpaired) electrons. The molecule has 2 rings (SSSR count). The van der Waals surface area contributed by atoms with Crippen LogP contribution in [0.15, 0.2) is 60.7 Å². The van der Waals surface area contributed by atoms with Crippen LogP contribution in [0.2, 0.25) is 0 Å². The van der Waals surface area contributed by atoms with Crippen molar-refractivity contribution in [2.24, 2.45) is 0 Å². The fourth-order valence-corrected chi connectivity index (χ4v) is 1.73. The van der Waals surface area contributed by atoms with Gasteiger partial charge >= 0.3 is 12.1 Å². The molecule has 6 nitrogen and oxygen atoms in total.